The molecule has 1 heterocycles. The molecule has 0 radical (unpaired) electrons. The lowest BCUT2D eigenvalue weighted by Gasteiger charge is -2.37. The molecule has 0 amide bonds. The second kappa shape index (κ2) is 5.48. The van der Waals surface area contributed by atoms with Gasteiger partial charge in [0.25, 0.3) is 0 Å². The van der Waals surface area contributed by atoms with Gasteiger partial charge in [-0.25, -0.2) is 4.39 Å². The number of rotatable bonds is 3. The largest absolute Gasteiger partial charge is 0.368 e. The molecule has 1 aliphatic rings. The molecular weight excluding hydrogens is 231 g/mol. The minimum Gasteiger partial charge on any atom is -0.368 e. The van der Waals surface area contributed by atoms with Gasteiger partial charge in [-0.05, 0) is 39.1 Å². The van der Waals surface area contributed by atoms with E-state index in [-0.39, 0.29) is 5.82 Å². The van der Waals surface area contributed by atoms with Crippen LogP contribution in [-0.4, -0.2) is 44.4 Å². The van der Waals surface area contributed by atoms with Gasteiger partial charge in [-0.1, -0.05) is 6.07 Å². The van der Waals surface area contributed by atoms with Gasteiger partial charge in [-0.15, -0.1) is 0 Å². The van der Waals surface area contributed by atoms with Gasteiger partial charge < -0.3 is 9.80 Å². The normalized spacial score (nSPS) is 17.2. The molecule has 0 aliphatic carbocycles. The Labute approximate surface area is 107 Å². The fraction of sp³-hybridized carbons (Fsp3) is 0.500. The molecule has 1 aromatic rings. The smallest absolute Gasteiger partial charge is 0.152 e. The lowest BCUT2D eigenvalue weighted by atomic mass is 10.0. The van der Waals surface area contributed by atoms with Crippen molar-refractivity contribution in [2.75, 3.05) is 32.1 Å². The average Bonchev–Trinajstić information content (AvgIpc) is 2.38. The number of carbonyl (C=O) groups excluding carboxylic acids is 1. The Balaban J connectivity index is 2.17. The predicted octanol–water partition coefficient (Wildman–Crippen LogP) is 2.17. The quantitative estimate of drug-likeness (QED) is 0.768. The Morgan fingerprint density at radius 3 is 2.56 bits per heavy atom. The molecule has 1 aromatic carbocycles. The van der Waals surface area contributed by atoms with Crippen LogP contribution in [0.25, 0.3) is 0 Å². The van der Waals surface area contributed by atoms with Crippen molar-refractivity contribution in [3.8, 4) is 0 Å². The number of hydrogen-bond donors (Lipinski definition) is 0. The fourth-order valence-corrected chi connectivity index (χ4v) is 2.57. The summed E-state index contributed by atoms with van der Waals surface area (Å²) < 4.78 is 13.9. The monoisotopic (exact) mass is 250 g/mol. The van der Waals surface area contributed by atoms with E-state index in [4.69, 9.17) is 0 Å². The van der Waals surface area contributed by atoms with Crippen molar-refractivity contribution in [1.29, 1.82) is 0 Å². The standard InChI is InChI=1S/C14H19FN2O/c1-16(2)12-6-8-17(9-7-12)14-11(10-18)4-3-5-13(14)15/h3-5,10,12H,6-9H2,1-2H3. The lowest BCUT2D eigenvalue weighted by molar-refractivity contribution is 0.112. The number of hydrogen-bond acceptors (Lipinski definition) is 3. The number of aldehydes is 1. The number of benzene rings is 1. The van der Waals surface area contributed by atoms with Crippen molar-refractivity contribution >= 4 is 12.0 Å². The van der Waals surface area contributed by atoms with Crippen molar-refractivity contribution < 1.29 is 9.18 Å². The van der Waals surface area contributed by atoms with Crippen LogP contribution in [0.15, 0.2) is 18.2 Å². The van der Waals surface area contributed by atoms with Gasteiger partial charge >= 0.3 is 0 Å². The summed E-state index contributed by atoms with van der Waals surface area (Å²) in [6.45, 7) is 1.59. The van der Waals surface area contributed by atoms with E-state index in [1.807, 2.05) is 4.90 Å². The summed E-state index contributed by atoms with van der Waals surface area (Å²) in [5, 5.41) is 0. The first kappa shape index (κ1) is 13.0. The van der Waals surface area contributed by atoms with Gasteiger partial charge in [-0.2, -0.15) is 0 Å². The maximum Gasteiger partial charge on any atom is 0.152 e. The SMILES string of the molecule is CN(C)C1CCN(c2c(F)cccc2C=O)CC1. The summed E-state index contributed by atoms with van der Waals surface area (Å²) in [6.07, 6.45) is 2.73. The van der Waals surface area contributed by atoms with Gasteiger partial charge in [0.1, 0.15) is 5.82 Å². The number of piperidine rings is 1. The zero-order chi connectivity index (χ0) is 13.1. The van der Waals surface area contributed by atoms with Gasteiger partial charge in [0, 0.05) is 24.7 Å². The third kappa shape index (κ3) is 2.53. The molecule has 0 saturated carbocycles. The zero-order valence-corrected chi connectivity index (χ0v) is 10.9. The van der Waals surface area contributed by atoms with Crippen LogP contribution in [0.5, 0.6) is 0 Å². The summed E-state index contributed by atoms with van der Waals surface area (Å²) in [4.78, 5) is 15.2. The summed E-state index contributed by atoms with van der Waals surface area (Å²) in [6, 6.07) is 5.21. The van der Waals surface area contributed by atoms with Crippen LogP contribution in [-0.2, 0) is 0 Å². The molecule has 1 saturated heterocycles. The highest BCUT2D eigenvalue weighted by molar-refractivity contribution is 5.84. The Morgan fingerprint density at radius 2 is 2.00 bits per heavy atom. The third-order valence-electron chi connectivity index (χ3n) is 3.66. The molecule has 0 aromatic heterocycles. The molecule has 0 unspecified atom stereocenters. The van der Waals surface area contributed by atoms with Crippen molar-refractivity contribution in [2.45, 2.75) is 18.9 Å². The minimum absolute atomic E-state index is 0.303. The number of para-hydroxylation sites is 1. The van der Waals surface area contributed by atoms with E-state index >= 15 is 0 Å². The van der Waals surface area contributed by atoms with E-state index in [1.165, 1.54) is 6.07 Å². The number of carbonyl (C=O) groups is 1. The zero-order valence-electron chi connectivity index (χ0n) is 10.9. The molecule has 2 rings (SSSR count). The van der Waals surface area contributed by atoms with Crippen molar-refractivity contribution in [3.05, 3.63) is 29.6 Å². The predicted molar refractivity (Wildman–Crippen MR) is 70.7 cm³/mol. The maximum atomic E-state index is 13.9. The highest BCUT2D eigenvalue weighted by atomic mass is 19.1. The second-order valence-corrected chi connectivity index (χ2v) is 4.98. The molecule has 0 N–H and O–H groups in total. The van der Waals surface area contributed by atoms with Gasteiger partial charge in [0.15, 0.2) is 6.29 Å². The van der Waals surface area contributed by atoms with Gasteiger partial charge in [0.2, 0.25) is 0 Å². The van der Waals surface area contributed by atoms with Gasteiger partial charge in [0.05, 0.1) is 5.69 Å². The fourth-order valence-electron chi connectivity index (χ4n) is 2.57. The van der Waals surface area contributed by atoms with E-state index in [1.54, 1.807) is 12.1 Å². The first-order chi connectivity index (χ1) is 8.63. The van der Waals surface area contributed by atoms with E-state index in [0.717, 1.165) is 32.2 Å². The van der Waals surface area contributed by atoms with E-state index < -0.39 is 0 Å². The Hall–Kier alpha value is -1.42. The molecule has 4 heteroatoms. The third-order valence-corrected chi connectivity index (χ3v) is 3.66. The summed E-state index contributed by atoms with van der Waals surface area (Å²) >= 11 is 0. The summed E-state index contributed by atoms with van der Waals surface area (Å²) in [5.74, 6) is -0.303. The Bertz CT molecular complexity index is 426. The molecular formula is C14H19FN2O. The molecule has 0 bridgehead atoms. The van der Waals surface area contributed by atoms with Gasteiger partial charge in [-0.3, -0.25) is 4.79 Å². The first-order valence-corrected chi connectivity index (χ1v) is 6.28. The molecule has 18 heavy (non-hydrogen) atoms. The van der Waals surface area contributed by atoms with Crippen molar-refractivity contribution in [1.82, 2.24) is 4.90 Å². The molecule has 0 spiro atoms. The van der Waals surface area contributed by atoms with Crippen LogP contribution in [0.2, 0.25) is 0 Å². The molecule has 0 atom stereocenters. The molecule has 98 valence electrons. The average molecular weight is 250 g/mol. The first-order valence-electron chi connectivity index (χ1n) is 6.28. The molecule has 1 fully saturated rings. The number of nitrogens with zero attached hydrogens (tertiary/aromatic N) is 2. The van der Waals surface area contributed by atoms with E-state index in [9.17, 15) is 9.18 Å². The molecule has 1 aliphatic heterocycles. The van der Waals surface area contributed by atoms with Crippen LogP contribution < -0.4 is 4.90 Å². The van der Waals surface area contributed by atoms with Crippen LogP contribution in [0.1, 0.15) is 23.2 Å². The van der Waals surface area contributed by atoms with Crippen LogP contribution >= 0.6 is 0 Å². The maximum absolute atomic E-state index is 13.9. The Morgan fingerprint density at radius 1 is 1.33 bits per heavy atom. The highest BCUT2D eigenvalue weighted by Gasteiger charge is 2.23. The second-order valence-electron chi connectivity index (χ2n) is 4.98. The topological polar surface area (TPSA) is 23.6 Å². The van der Waals surface area contributed by atoms with Crippen LogP contribution in [0.3, 0.4) is 0 Å². The summed E-state index contributed by atoms with van der Waals surface area (Å²) in [5.41, 5.74) is 0.906. The van der Waals surface area contributed by atoms with Crippen molar-refractivity contribution in [2.24, 2.45) is 0 Å². The molecule has 3 nitrogen and oxygen atoms in total. The van der Waals surface area contributed by atoms with Crippen LogP contribution in [0.4, 0.5) is 10.1 Å². The lowest BCUT2D eigenvalue weighted by Crippen LogP contribution is -2.42. The number of anilines is 1. The van der Waals surface area contributed by atoms with Crippen molar-refractivity contribution in [3.63, 3.8) is 0 Å². The minimum atomic E-state index is -0.303. The number of halogens is 1. The highest BCUT2D eigenvalue weighted by Crippen LogP contribution is 2.27. The van der Waals surface area contributed by atoms with Crippen LogP contribution in [0, 0.1) is 5.82 Å². The van der Waals surface area contributed by atoms with E-state index in [2.05, 4.69) is 19.0 Å². The Kier molecular flexibility index (Phi) is 3.97. The van der Waals surface area contributed by atoms with E-state index in [0.29, 0.717) is 17.3 Å². The summed E-state index contributed by atoms with van der Waals surface area (Å²) in [7, 11) is 4.14.